The van der Waals surface area contributed by atoms with E-state index in [4.69, 9.17) is 14.1 Å². The Hall–Kier alpha value is -4.97. The van der Waals surface area contributed by atoms with E-state index in [1.165, 1.54) is 12.0 Å². The number of pyridine rings is 2. The van der Waals surface area contributed by atoms with E-state index in [1.54, 1.807) is 24.4 Å². The number of rotatable bonds is 7. The molecule has 1 aromatic carbocycles. The monoisotopic (exact) mass is 567 g/mol. The van der Waals surface area contributed by atoms with Crippen LogP contribution in [0, 0.1) is 0 Å². The van der Waals surface area contributed by atoms with Crippen molar-refractivity contribution in [2.24, 2.45) is 0 Å². The highest BCUT2D eigenvalue weighted by Crippen LogP contribution is 2.36. The molecule has 3 aliphatic heterocycles. The van der Waals surface area contributed by atoms with Crippen molar-refractivity contribution in [2.75, 3.05) is 31.6 Å². The third kappa shape index (κ3) is 4.31. The first-order chi connectivity index (χ1) is 20.4. The Morgan fingerprint density at radius 2 is 1.98 bits per heavy atom. The molecule has 42 heavy (non-hydrogen) atoms. The highest BCUT2D eigenvalue weighted by atomic mass is 16.5. The summed E-state index contributed by atoms with van der Waals surface area (Å²) in [7, 11) is 1.54. The summed E-state index contributed by atoms with van der Waals surface area (Å²) in [4.78, 5) is 52.2. The molecule has 7 rings (SSSR count). The van der Waals surface area contributed by atoms with Crippen LogP contribution in [0.5, 0.6) is 5.75 Å². The number of furan rings is 1. The molecule has 3 N–H and O–H groups in total. The van der Waals surface area contributed by atoms with E-state index in [0.29, 0.717) is 22.4 Å². The zero-order valence-corrected chi connectivity index (χ0v) is 22.9. The van der Waals surface area contributed by atoms with Gasteiger partial charge in [0.1, 0.15) is 22.8 Å². The van der Waals surface area contributed by atoms with Gasteiger partial charge in [0, 0.05) is 30.4 Å². The Balaban J connectivity index is 1.25. The molecule has 2 fully saturated rings. The number of nitrogens with one attached hydrogen (secondary N) is 3. The first-order valence-corrected chi connectivity index (χ1v) is 13.9. The molecule has 0 aliphatic carbocycles. The summed E-state index contributed by atoms with van der Waals surface area (Å²) < 4.78 is 11.5. The van der Waals surface area contributed by atoms with Gasteiger partial charge >= 0.3 is 6.03 Å². The molecule has 4 aromatic rings. The number of methoxy groups -OCH3 is 1. The van der Waals surface area contributed by atoms with Crippen LogP contribution in [0.2, 0.25) is 0 Å². The molecule has 0 radical (unpaired) electrons. The predicted molar refractivity (Wildman–Crippen MR) is 152 cm³/mol. The number of piperidine rings is 1. The van der Waals surface area contributed by atoms with Gasteiger partial charge in [0.05, 0.1) is 25.5 Å². The molecule has 0 bridgehead atoms. The Bertz CT molecular complexity index is 1700. The van der Waals surface area contributed by atoms with Crippen LogP contribution in [0.1, 0.15) is 34.5 Å². The van der Waals surface area contributed by atoms with Crippen molar-refractivity contribution >= 4 is 40.5 Å². The maximum Gasteiger partial charge on any atom is 0.322 e. The topological polar surface area (TPSA) is 142 Å². The van der Waals surface area contributed by atoms with Crippen molar-refractivity contribution in [3.05, 3.63) is 77.8 Å². The molecule has 1 atom stereocenters. The summed E-state index contributed by atoms with van der Waals surface area (Å²) in [5.74, 6) is 0.627. The minimum absolute atomic E-state index is 0.121. The van der Waals surface area contributed by atoms with Crippen molar-refractivity contribution < 1.29 is 23.5 Å². The summed E-state index contributed by atoms with van der Waals surface area (Å²) in [6, 6.07) is 14.1. The average Bonchev–Trinajstić information content (AvgIpc) is 3.67. The Kier molecular flexibility index (Phi) is 6.27. The Morgan fingerprint density at radius 1 is 1.12 bits per heavy atom. The van der Waals surface area contributed by atoms with E-state index >= 15 is 0 Å². The van der Waals surface area contributed by atoms with Crippen molar-refractivity contribution in [3.8, 4) is 5.75 Å². The van der Waals surface area contributed by atoms with Crippen molar-refractivity contribution in [1.82, 2.24) is 30.8 Å². The van der Waals surface area contributed by atoms with Crippen molar-refractivity contribution in [2.45, 2.75) is 31.0 Å². The van der Waals surface area contributed by atoms with E-state index < -0.39 is 17.5 Å². The quantitative estimate of drug-likeness (QED) is 0.287. The molecule has 0 spiro atoms. The van der Waals surface area contributed by atoms with E-state index in [9.17, 15) is 14.4 Å². The Labute approximate surface area is 241 Å². The molecular formula is C30H29N7O5. The summed E-state index contributed by atoms with van der Waals surface area (Å²) in [5.41, 5.74) is 1.60. The molecule has 3 aliphatic rings. The van der Waals surface area contributed by atoms with Gasteiger partial charge in [-0.25, -0.2) is 9.78 Å². The summed E-state index contributed by atoms with van der Waals surface area (Å²) >= 11 is 0. The van der Waals surface area contributed by atoms with Gasteiger partial charge in [0.15, 0.2) is 11.1 Å². The fourth-order valence-corrected chi connectivity index (χ4v) is 6.08. The lowest BCUT2D eigenvalue weighted by atomic mass is 9.95. The predicted octanol–water partition coefficient (Wildman–Crippen LogP) is 2.81. The second-order valence-corrected chi connectivity index (χ2v) is 10.7. The third-order valence-electron chi connectivity index (χ3n) is 8.19. The van der Waals surface area contributed by atoms with Gasteiger partial charge in [-0.15, -0.1) is 0 Å². The number of ether oxygens (including phenoxy) is 1. The minimum Gasteiger partial charge on any atom is -0.497 e. The lowest BCUT2D eigenvalue weighted by molar-refractivity contribution is -0.125. The van der Waals surface area contributed by atoms with Crippen LogP contribution in [-0.4, -0.2) is 65.5 Å². The fraction of sp³-hybridized carbons (Fsp3) is 0.300. The lowest BCUT2D eigenvalue weighted by Crippen LogP contribution is -2.52. The van der Waals surface area contributed by atoms with Crippen LogP contribution < -0.4 is 25.6 Å². The highest BCUT2D eigenvalue weighted by molar-refractivity contribution is 6.08. The SMILES string of the molecule is COc1ccc2c(c1)C(=O)N(CC1(c3cc4nc(N(c5cccnc5)C5CCNCC5)ccc4o3)NC(=O)NC1=O)C2. The number of carbonyl (C=O) groups is 3. The van der Waals surface area contributed by atoms with E-state index in [1.807, 2.05) is 36.5 Å². The van der Waals surface area contributed by atoms with Crippen LogP contribution in [0.25, 0.3) is 11.1 Å². The minimum atomic E-state index is -1.63. The van der Waals surface area contributed by atoms with E-state index in [-0.39, 0.29) is 30.8 Å². The average molecular weight is 568 g/mol. The molecular weight excluding hydrogens is 538 g/mol. The number of anilines is 2. The van der Waals surface area contributed by atoms with Crippen molar-refractivity contribution in [3.63, 3.8) is 0 Å². The normalized spacial score (nSPS) is 20.5. The molecule has 1 unspecified atom stereocenters. The number of carbonyl (C=O) groups excluding carboxylic acids is 3. The van der Waals surface area contributed by atoms with Crippen LogP contribution in [0.3, 0.4) is 0 Å². The second-order valence-electron chi connectivity index (χ2n) is 10.7. The van der Waals surface area contributed by atoms with E-state index in [2.05, 4.69) is 25.8 Å². The molecule has 12 nitrogen and oxygen atoms in total. The number of aromatic nitrogens is 2. The molecule has 214 valence electrons. The lowest BCUT2D eigenvalue weighted by Gasteiger charge is -2.35. The highest BCUT2D eigenvalue weighted by Gasteiger charge is 2.53. The van der Waals surface area contributed by atoms with Gasteiger partial charge in [0.25, 0.3) is 11.8 Å². The maximum absolute atomic E-state index is 13.4. The number of urea groups is 1. The van der Waals surface area contributed by atoms with Gasteiger partial charge in [-0.05, 0) is 67.9 Å². The Morgan fingerprint density at radius 3 is 2.71 bits per heavy atom. The number of benzene rings is 1. The zero-order chi connectivity index (χ0) is 28.8. The second kappa shape index (κ2) is 10.1. The van der Waals surface area contributed by atoms with Gasteiger partial charge < -0.3 is 29.6 Å². The maximum atomic E-state index is 13.4. The molecule has 12 heteroatoms. The summed E-state index contributed by atoms with van der Waals surface area (Å²) in [6.45, 7) is 1.97. The van der Waals surface area contributed by atoms with Gasteiger partial charge in [-0.1, -0.05) is 6.07 Å². The molecule has 6 heterocycles. The number of fused-ring (bicyclic) bond motifs is 2. The molecule has 3 aromatic heterocycles. The van der Waals surface area contributed by atoms with Crippen LogP contribution in [-0.2, 0) is 16.9 Å². The number of imide groups is 1. The standard InChI is InChI=1S/C30H29N7O5/c1-41-21-5-4-18-16-36(27(38)22(18)13-21)17-30(28(39)34-29(40)35-30)25-14-23-24(42-25)6-7-26(33-23)37(19-8-11-31-12-9-19)20-3-2-10-32-15-20/h2-7,10,13-15,19,31H,8-9,11-12,16-17H2,1H3,(H2,34,35,39,40). The summed E-state index contributed by atoms with van der Waals surface area (Å²) in [6.07, 6.45) is 5.45. The van der Waals surface area contributed by atoms with Crippen LogP contribution >= 0.6 is 0 Å². The number of hydrogen-bond donors (Lipinski definition) is 3. The van der Waals surface area contributed by atoms with Gasteiger partial charge in [-0.3, -0.25) is 19.9 Å². The first kappa shape index (κ1) is 26.0. The van der Waals surface area contributed by atoms with Crippen LogP contribution in [0.4, 0.5) is 16.3 Å². The molecule has 0 saturated carbocycles. The number of amides is 4. The fourth-order valence-electron chi connectivity index (χ4n) is 6.08. The molecule has 2 saturated heterocycles. The van der Waals surface area contributed by atoms with Gasteiger partial charge in [0.2, 0.25) is 0 Å². The van der Waals surface area contributed by atoms with E-state index in [0.717, 1.165) is 43.0 Å². The third-order valence-corrected chi connectivity index (χ3v) is 8.19. The zero-order valence-electron chi connectivity index (χ0n) is 22.9. The molecule has 4 amide bonds. The largest absolute Gasteiger partial charge is 0.497 e. The van der Waals surface area contributed by atoms with Gasteiger partial charge in [-0.2, -0.15) is 0 Å². The number of hydrogen-bond acceptors (Lipinski definition) is 9. The summed E-state index contributed by atoms with van der Waals surface area (Å²) in [5, 5.41) is 8.47. The smallest absolute Gasteiger partial charge is 0.322 e. The number of nitrogens with zero attached hydrogens (tertiary/aromatic N) is 4. The van der Waals surface area contributed by atoms with Crippen molar-refractivity contribution in [1.29, 1.82) is 0 Å². The first-order valence-electron chi connectivity index (χ1n) is 13.9. The van der Waals surface area contributed by atoms with Crippen LogP contribution in [0.15, 0.2) is 65.3 Å².